The molecule has 30 heavy (non-hydrogen) atoms. The summed E-state index contributed by atoms with van der Waals surface area (Å²) < 4.78 is 0. The van der Waals surface area contributed by atoms with Crippen LogP contribution in [0.15, 0.2) is 85.0 Å². The number of nitrogens with zero attached hydrogens (tertiary/aromatic N) is 1. The highest BCUT2D eigenvalue weighted by atomic mass is 16.4. The molecule has 0 aromatic heterocycles. The van der Waals surface area contributed by atoms with Crippen LogP contribution in [0.25, 0.3) is 0 Å². The minimum absolute atomic E-state index is 0.427. The summed E-state index contributed by atoms with van der Waals surface area (Å²) in [6, 6.07) is 17.2. The lowest BCUT2D eigenvalue weighted by molar-refractivity contribution is -0.312. The fourth-order valence-corrected chi connectivity index (χ4v) is 3.47. The van der Waals surface area contributed by atoms with E-state index in [0.29, 0.717) is 11.1 Å². The minimum atomic E-state index is -1.01. The molecule has 0 heterocycles. The highest BCUT2D eigenvalue weighted by Gasteiger charge is 2.37. The highest BCUT2D eigenvalue weighted by Crippen LogP contribution is 2.32. The number of hydrogen-bond donors (Lipinski definition) is 0. The maximum Gasteiger partial charge on any atom is 0.233 e. The van der Waals surface area contributed by atoms with Crippen LogP contribution in [-0.2, 0) is 4.79 Å². The zero-order valence-electron chi connectivity index (χ0n) is 17.4. The Labute approximate surface area is 177 Å². The number of carboxylic acids is 1. The lowest BCUT2D eigenvalue weighted by Gasteiger charge is -2.43. The molecule has 2 unspecified atom stereocenters. The average Bonchev–Trinajstić information content (AvgIpc) is 2.79. The number of benzene rings is 2. The van der Waals surface area contributed by atoms with Gasteiger partial charge in [-0.25, -0.2) is 0 Å². The van der Waals surface area contributed by atoms with Crippen LogP contribution in [0.4, 0.5) is 0 Å². The summed E-state index contributed by atoms with van der Waals surface area (Å²) in [6.07, 6.45) is 8.03. The Bertz CT molecular complexity index is 883. The molecule has 0 spiro atoms. The monoisotopic (exact) mass is 404 g/mol. The second-order valence-corrected chi connectivity index (χ2v) is 7.17. The van der Waals surface area contributed by atoms with Crippen molar-refractivity contribution in [2.24, 2.45) is 5.92 Å². The normalized spacial score (nSPS) is 19.7. The van der Waals surface area contributed by atoms with E-state index in [2.05, 4.69) is 0 Å². The Kier molecular flexibility index (Phi) is 8.01. The van der Waals surface area contributed by atoms with Gasteiger partial charge in [0, 0.05) is 17.0 Å². The first-order valence-corrected chi connectivity index (χ1v) is 9.77. The third-order valence-electron chi connectivity index (χ3n) is 5.27. The second kappa shape index (κ2) is 10.5. The summed E-state index contributed by atoms with van der Waals surface area (Å²) in [4.78, 5) is 36.5. The lowest BCUT2D eigenvalue weighted by Crippen LogP contribution is -2.54. The molecule has 0 saturated carbocycles. The highest BCUT2D eigenvalue weighted by molar-refractivity contribution is 6.49. The largest absolute Gasteiger partial charge is 0.549 e. The van der Waals surface area contributed by atoms with Gasteiger partial charge in [-0.15, -0.1) is 0 Å². The Hall–Kier alpha value is -3.31. The number of ketones is 2. The minimum Gasteiger partial charge on any atom is -0.549 e. The lowest BCUT2D eigenvalue weighted by atomic mass is 9.77. The quantitative estimate of drug-likeness (QED) is 0.546. The van der Waals surface area contributed by atoms with Crippen LogP contribution >= 0.6 is 0 Å². The molecule has 0 fully saturated rings. The van der Waals surface area contributed by atoms with Crippen LogP contribution in [0, 0.1) is 5.92 Å². The molecular weight excluding hydrogens is 378 g/mol. The number of carboxylic acid groups (broad SMARTS) is 1. The summed E-state index contributed by atoms with van der Waals surface area (Å²) in [7, 11) is 3.78. The fraction of sp³-hybridized carbons (Fsp3) is 0.240. The fourth-order valence-electron chi connectivity index (χ4n) is 3.47. The van der Waals surface area contributed by atoms with Crippen molar-refractivity contribution in [3.05, 3.63) is 96.1 Å². The molecule has 0 N–H and O–H groups in total. The van der Waals surface area contributed by atoms with E-state index in [4.69, 9.17) is 0 Å². The SMILES string of the molecule is CCC1(N(C)C)C=CC=CC1C(=O)[O-].O=C(C(=O)c1ccccc1)c1ccccc1. The number of carbonyl (C=O) groups is 3. The molecule has 2 aromatic carbocycles. The van der Waals surface area contributed by atoms with Crippen LogP contribution in [0.3, 0.4) is 0 Å². The van der Waals surface area contributed by atoms with Crippen LogP contribution in [-0.4, -0.2) is 42.1 Å². The summed E-state index contributed by atoms with van der Waals surface area (Å²) in [5.41, 5.74) is 0.417. The number of aliphatic carboxylic acids is 1. The van der Waals surface area contributed by atoms with Crippen molar-refractivity contribution in [3.8, 4) is 0 Å². The van der Waals surface area contributed by atoms with Crippen molar-refractivity contribution in [2.75, 3.05) is 14.1 Å². The van der Waals surface area contributed by atoms with E-state index >= 15 is 0 Å². The Balaban J connectivity index is 0.000000216. The molecule has 0 aliphatic heterocycles. The topological polar surface area (TPSA) is 77.5 Å². The van der Waals surface area contributed by atoms with Crippen molar-refractivity contribution in [1.29, 1.82) is 0 Å². The summed E-state index contributed by atoms with van der Waals surface area (Å²) in [5, 5.41) is 11.0. The summed E-state index contributed by atoms with van der Waals surface area (Å²) in [5.74, 6) is -2.51. The van der Waals surface area contributed by atoms with Gasteiger partial charge in [-0.2, -0.15) is 0 Å². The van der Waals surface area contributed by atoms with Gasteiger partial charge in [-0.3, -0.25) is 14.5 Å². The maximum atomic E-state index is 11.8. The number of carbonyl (C=O) groups excluding carboxylic acids is 3. The van der Waals surface area contributed by atoms with Crippen LogP contribution in [0.1, 0.15) is 34.1 Å². The van der Waals surface area contributed by atoms with Crippen LogP contribution in [0.5, 0.6) is 0 Å². The predicted octanol–water partition coefficient (Wildman–Crippen LogP) is 2.94. The molecule has 3 rings (SSSR count). The zero-order valence-corrected chi connectivity index (χ0v) is 17.4. The number of hydrogen-bond acceptors (Lipinski definition) is 5. The van der Waals surface area contributed by atoms with E-state index in [1.807, 2.05) is 50.2 Å². The molecule has 0 radical (unpaired) electrons. The number of rotatable bonds is 6. The standard InChI is InChI=1S/C14H10O2.C11H17NO2/c15-13(11-7-3-1-4-8-11)14(16)12-9-5-2-6-10-12;1-4-11(12(2)3)8-6-5-7-9(11)10(13)14/h1-10H;5-9H,4H2,1-3H3,(H,13,14)/p-1. The van der Waals surface area contributed by atoms with Gasteiger partial charge in [0.2, 0.25) is 11.6 Å². The second-order valence-electron chi connectivity index (χ2n) is 7.17. The van der Waals surface area contributed by atoms with Crippen molar-refractivity contribution >= 4 is 17.5 Å². The van der Waals surface area contributed by atoms with Gasteiger partial charge in [-0.05, 0) is 20.5 Å². The predicted molar refractivity (Wildman–Crippen MR) is 115 cm³/mol. The van der Waals surface area contributed by atoms with Crippen LogP contribution in [0.2, 0.25) is 0 Å². The number of Topliss-reactive ketones (excluding diaryl/α,β-unsaturated/α-hetero) is 2. The molecule has 5 nitrogen and oxygen atoms in total. The summed E-state index contributed by atoms with van der Waals surface area (Å²) >= 11 is 0. The third-order valence-corrected chi connectivity index (χ3v) is 5.27. The Morgan fingerprint density at radius 1 is 0.867 bits per heavy atom. The van der Waals surface area contributed by atoms with Gasteiger partial charge in [0.1, 0.15) is 0 Å². The maximum absolute atomic E-state index is 11.8. The third kappa shape index (κ3) is 5.19. The zero-order chi connectivity index (χ0) is 22.1. The molecule has 2 aromatic rings. The molecule has 156 valence electrons. The number of likely N-dealkylation sites (N-methyl/N-ethyl adjacent to an activating group) is 1. The van der Waals surface area contributed by atoms with Crippen LogP contribution < -0.4 is 5.11 Å². The average molecular weight is 404 g/mol. The summed E-state index contributed by atoms with van der Waals surface area (Å²) in [6.45, 7) is 1.99. The van der Waals surface area contributed by atoms with Gasteiger partial charge in [0.25, 0.3) is 0 Å². The Morgan fingerprint density at radius 3 is 1.67 bits per heavy atom. The first kappa shape index (κ1) is 23.0. The number of allylic oxidation sites excluding steroid dienone is 2. The molecule has 1 aliphatic rings. The molecule has 0 bridgehead atoms. The van der Waals surface area contributed by atoms with E-state index < -0.39 is 29.0 Å². The van der Waals surface area contributed by atoms with Crippen molar-refractivity contribution in [2.45, 2.75) is 18.9 Å². The molecule has 5 heteroatoms. The van der Waals surface area contributed by atoms with E-state index in [0.717, 1.165) is 6.42 Å². The van der Waals surface area contributed by atoms with Gasteiger partial charge < -0.3 is 9.90 Å². The molecule has 1 aliphatic carbocycles. The van der Waals surface area contributed by atoms with Gasteiger partial charge in [-0.1, -0.05) is 91.9 Å². The van der Waals surface area contributed by atoms with Crippen molar-refractivity contribution < 1.29 is 19.5 Å². The van der Waals surface area contributed by atoms with Crippen molar-refractivity contribution in [1.82, 2.24) is 4.90 Å². The van der Waals surface area contributed by atoms with Crippen molar-refractivity contribution in [3.63, 3.8) is 0 Å². The van der Waals surface area contributed by atoms with Gasteiger partial charge >= 0.3 is 0 Å². The van der Waals surface area contributed by atoms with Gasteiger partial charge in [0.15, 0.2) is 0 Å². The smallest absolute Gasteiger partial charge is 0.233 e. The molecular formula is C25H26NO4-. The first-order chi connectivity index (χ1) is 14.3. The van der Waals surface area contributed by atoms with E-state index in [1.54, 1.807) is 60.7 Å². The van der Waals surface area contributed by atoms with E-state index in [1.165, 1.54) is 0 Å². The Morgan fingerprint density at radius 2 is 1.33 bits per heavy atom. The molecule has 0 amide bonds. The van der Waals surface area contributed by atoms with E-state index in [9.17, 15) is 19.5 Å². The van der Waals surface area contributed by atoms with Gasteiger partial charge in [0.05, 0.1) is 11.5 Å². The van der Waals surface area contributed by atoms with E-state index in [-0.39, 0.29) is 0 Å². The molecule has 2 atom stereocenters. The first-order valence-electron chi connectivity index (χ1n) is 9.77. The molecule has 0 saturated heterocycles.